The molecule has 0 unspecified atom stereocenters. The van der Waals surface area contributed by atoms with Crippen LogP contribution < -0.4 is 0 Å². The Morgan fingerprint density at radius 3 is 2.36 bits per heavy atom. The molecular weight excluding hydrogens is 184 g/mol. The maximum absolute atomic E-state index is 11.2. The number of aliphatic hydroxyl groups is 1. The number of carboxylic acid groups (broad SMARTS) is 1. The largest absolute Gasteiger partial charge is 0.478 e. The van der Waals surface area contributed by atoms with E-state index in [1.807, 2.05) is 0 Å². The van der Waals surface area contributed by atoms with Crippen LogP contribution in [-0.4, -0.2) is 27.6 Å². The maximum atomic E-state index is 11.2. The van der Waals surface area contributed by atoms with Crippen LogP contribution in [0.25, 0.3) is 0 Å². The molecule has 0 aromatic heterocycles. The summed E-state index contributed by atoms with van der Waals surface area (Å²) in [4.78, 5) is 22.1. The molecule has 4 heteroatoms. The molecule has 1 rings (SSSR count). The summed E-state index contributed by atoms with van der Waals surface area (Å²) in [7, 11) is 0. The Bertz CT molecular complexity index is 323. The first-order valence-corrected chi connectivity index (χ1v) is 4.39. The van der Waals surface area contributed by atoms with Crippen LogP contribution in [0.1, 0.15) is 27.2 Å². The second-order valence-electron chi connectivity index (χ2n) is 4.46. The molecule has 0 amide bonds. The summed E-state index contributed by atoms with van der Waals surface area (Å²) < 4.78 is 0. The minimum Gasteiger partial charge on any atom is -0.478 e. The molecule has 0 saturated carbocycles. The van der Waals surface area contributed by atoms with Crippen molar-refractivity contribution < 1.29 is 19.8 Å². The summed E-state index contributed by atoms with van der Waals surface area (Å²) in [6.07, 6.45) is 1.18. The van der Waals surface area contributed by atoms with Crippen molar-refractivity contribution in [3.63, 3.8) is 0 Å². The van der Waals surface area contributed by atoms with E-state index in [-0.39, 0.29) is 17.8 Å². The molecule has 0 aromatic rings. The van der Waals surface area contributed by atoms with Crippen molar-refractivity contribution >= 4 is 11.8 Å². The van der Waals surface area contributed by atoms with Crippen molar-refractivity contribution in [1.29, 1.82) is 0 Å². The highest BCUT2D eigenvalue weighted by Crippen LogP contribution is 2.42. The van der Waals surface area contributed by atoms with E-state index in [2.05, 4.69) is 0 Å². The van der Waals surface area contributed by atoms with Crippen LogP contribution in [0.2, 0.25) is 0 Å². The number of aliphatic carboxylic acids is 1. The van der Waals surface area contributed by atoms with Crippen LogP contribution in [-0.2, 0) is 9.59 Å². The van der Waals surface area contributed by atoms with Crippen LogP contribution in [0.5, 0.6) is 0 Å². The fourth-order valence-electron chi connectivity index (χ4n) is 1.59. The van der Waals surface area contributed by atoms with Gasteiger partial charge in [0, 0.05) is 11.8 Å². The van der Waals surface area contributed by atoms with Crippen LogP contribution in [0.4, 0.5) is 0 Å². The number of rotatable bonds is 1. The zero-order valence-electron chi connectivity index (χ0n) is 8.50. The number of carboxylic acids is 1. The Kier molecular flexibility index (Phi) is 2.27. The first-order valence-electron chi connectivity index (χ1n) is 4.39. The lowest BCUT2D eigenvalue weighted by atomic mass is 9.65. The third-order valence-electron chi connectivity index (χ3n) is 2.99. The molecule has 0 radical (unpaired) electrons. The Morgan fingerprint density at radius 2 is 1.93 bits per heavy atom. The number of ketones is 1. The SMILES string of the molecule is CC1(C)CC(=O)C=C(C(=O)O)[C@]1(C)O. The van der Waals surface area contributed by atoms with E-state index in [0.29, 0.717) is 0 Å². The smallest absolute Gasteiger partial charge is 0.334 e. The maximum Gasteiger partial charge on any atom is 0.334 e. The van der Waals surface area contributed by atoms with Gasteiger partial charge in [-0.25, -0.2) is 4.79 Å². The minimum absolute atomic E-state index is 0.163. The van der Waals surface area contributed by atoms with E-state index < -0.39 is 17.0 Å². The molecule has 0 spiro atoms. The van der Waals surface area contributed by atoms with Crippen LogP contribution in [0.3, 0.4) is 0 Å². The van der Waals surface area contributed by atoms with Crippen molar-refractivity contribution in [2.75, 3.05) is 0 Å². The topological polar surface area (TPSA) is 74.6 Å². The molecule has 14 heavy (non-hydrogen) atoms. The summed E-state index contributed by atoms with van der Waals surface area (Å²) in [6.45, 7) is 4.79. The van der Waals surface area contributed by atoms with Gasteiger partial charge in [-0.1, -0.05) is 13.8 Å². The Balaban J connectivity index is 3.28. The Hall–Kier alpha value is -1.16. The molecule has 0 saturated heterocycles. The van der Waals surface area contributed by atoms with Crippen molar-refractivity contribution in [2.24, 2.45) is 5.41 Å². The first kappa shape index (κ1) is 10.9. The number of hydrogen-bond donors (Lipinski definition) is 2. The molecule has 4 nitrogen and oxygen atoms in total. The minimum atomic E-state index is -1.47. The Morgan fingerprint density at radius 1 is 1.43 bits per heavy atom. The Labute approximate surface area is 82.2 Å². The second-order valence-corrected chi connectivity index (χ2v) is 4.46. The van der Waals surface area contributed by atoms with E-state index in [1.54, 1.807) is 13.8 Å². The highest BCUT2D eigenvalue weighted by atomic mass is 16.4. The molecule has 1 aliphatic carbocycles. The monoisotopic (exact) mass is 198 g/mol. The van der Waals surface area contributed by atoms with Gasteiger partial charge in [-0.2, -0.15) is 0 Å². The first-order chi connectivity index (χ1) is 6.18. The third-order valence-corrected chi connectivity index (χ3v) is 2.99. The predicted molar refractivity (Wildman–Crippen MR) is 49.7 cm³/mol. The van der Waals surface area contributed by atoms with Gasteiger partial charge in [-0.05, 0) is 13.0 Å². The molecule has 1 aliphatic rings. The summed E-state index contributed by atoms with van der Waals surface area (Å²) >= 11 is 0. The van der Waals surface area contributed by atoms with Crippen molar-refractivity contribution in [3.8, 4) is 0 Å². The molecule has 0 aromatic carbocycles. The lowest BCUT2D eigenvalue weighted by Crippen LogP contribution is -2.49. The van der Waals surface area contributed by atoms with Crippen molar-refractivity contribution in [2.45, 2.75) is 32.8 Å². The van der Waals surface area contributed by atoms with Crippen LogP contribution >= 0.6 is 0 Å². The van der Waals surface area contributed by atoms with Gasteiger partial charge in [0.25, 0.3) is 0 Å². The lowest BCUT2D eigenvalue weighted by Gasteiger charge is -2.42. The molecule has 0 aliphatic heterocycles. The lowest BCUT2D eigenvalue weighted by molar-refractivity contribution is -0.140. The standard InChI is InChI=1S/C10H14O4/c1-9(2)5-6(11)4-7(8(12)13)10(9,3)14/h4,14H,5H2,1-3H3,(H,12,13)/t10-/m0/s1. The van der Waals surface area contributed by atoms with E-state index in [0.717, 1.165) is 6.08 Å². The molecular formula is C10H14O4. The van der Waals surface area contributed by atoms with Crippen LogP contribution in [0, 0.1) is 5.41 Å². The quantitative estimate of drug-likeness (QED) is 0.652. The number of hydrogen-bond acceptors (Lipinski definition) is 3. The second kappa shape index (κ2) is 2.92. The fourth-order valence-corrected chi connectivity index (χ4v) is 1.59. The zero-order chi connectivity index (χ0) is 11.1. The highest BCUT2D eigenvalue weighted by molar-refractivity contribution is 6.02. The fraction of sp³-hybridized carbons (Fsp3) is 0.600. The van der Waals surface area contributed by atoms with E-state index in [1.165, 1.54) is 6.92 Å². The molecule has 0 heterocycles. The predicted octanol–water partition coefficient (Wildman–Crippen LogP) is 0.747. The van der Waals surface area contributed by atoms with Gasteiger partial charge in [-0.3, -0.25) is 4.79 Å². The third kappa shape index (κ3) is 1.46. The average Bonchev–Trinajstić information content (AvgIpc) is 1.95. The summed E-state index contributed by atoms with van der Waals surface area (Å²) in [5, 5.41) is 18.9. The van der Waals surface area contributed by atoms with Crippen molar-refractivity contribution in [1.82, 2.24) is 0 Å². The van der Waals surface area contributed by atoms with Gasteiger partial charge in [0.1, 0.15) is 0 Å². The molecule has 0 fully saturated rings. The van der Waals surface area contributed by atoms with Gasteiger partial charge in [0.2, 0.25) is 0 Å². The van der Waals surface area contributed by atoms with Crippen molar-refractivity contribution in [3.05, 3.63) is 11.6 Å². The van der Waals surface area contributed by atoms with Gasteiger partial charge >= 0.3 is 5.97 Å². The zero-order valence-corrected chi connectivity index (χ0v) is 8.50. The normalized spacial score (nSPS) is 31.1. The van der Waals surface area contributed by atoms with Gasteiger partial charge in [0.05, 0.1) is 11.2 Å². The average molecular weight is 198 g/mol. The van der Waals surface area contributed by atoms with E-state index in [9.17, 15) is 14.7 Å². The van der Waals surface area contributed by atoms with E-state index >= 15 is 0 Å². The van der Waals surface area contributed by atoms with Gasteiger partial charge < -0.3 is 10.2 Å². The van der Waals surface area contributed by atoms with Gasteiger partial charge in [-0.15, -0.1) is 0 Å². The molecule has 0 bridgehead atoms. The van der Waals surface area contributed by atoms with Gasteiger partial charge in [0.15, 0.2) is 5.78 Å². The van der Waals surface area contributed by atoms with E-state index in [4.69, 9.17) is 5.11 Å². The highest BCUT2D eigenvalue weighted by Gasteiger charge is 2.48. The number of allylic oxidation sites excluding steroid dienone is 1. The summed E-state index contributed by atoms with van der Waals surface area (Å²) in [6, 6.07) is 0. The number of carbonyl (C=O) groups excluding carboxylic acids is 1. The molecule has 2 N–H and O–H groups in total. The van der Waals surface area contributed by atoms with Crippen LogP contribution in [0.15, 0.2) is 11.6 Å². The molecule has 78 valence electrons. The summed E-state index contributed by atoms with van der Waals surface area (Å²) in [5.41, 5.74) is -2.43. The number of carbonyl (C=O) groups is 2. The summed E-state index contributed by atoms with van der Waals surface area (Å²) in [5.74, 6) is -1.49. The molecule has 1 atom stereocenters.